The van der Waals surface area contributed by atoms with Crippen LogP contribution in [0.25, 0.3) is 0 Å². The molecule has 1 aromatic carbocycles. The van der Waals surface area contributed by atoms with E-state index in [2.05, 4.69) is 10.2 Å². The monoisotopic (exact) mass is 303 g/mol. The zero-order valence-corrected chi connectivity index (χ0v) is 11.2. The first-order valence-corrected chi connectivity index (χ1v) is 6.56. The number of nitrogens with one attached hydrogen (secondary N) is 1. The minimum Gasteiger partial charge on any atom is -0.404 e. The lowest BCUT2D eigenvalue weighted by Gasteiger charge is -2.26. The van der Waals surface area contributed by atoms with Crippen molar-refractivity contribution in [3.8, 4) is 5.75 Å². The van der Waals surface area contributed by atoms with Gasteiger partial charge in [-0.05, 0) is 31.0 Å². The number of hydrazine groups is 1. The molecule has 5 nitrogen and oxygen atoms in total. The van der Waals surface area contributed by atoms with E-state index in [1.165, 1.54) is 12.1 Å². The van der Waals surface area contributed by atoms with Gasteiger partial charge in [-0.3, -0.25) is 10.2 Å². The van der Waals surface area contributed by atoms with Gasteiger partial charge in [0.1, 0.15) is 0 Å². The SMILES string of the molecule is Nc1cc(C(=O)NN2CCCCC2)ccc1OC(F)(F)F. The van der Waals surface area contributed by atoms with Crippen molar-refractivity contribution in [2.45, 2.75) is 25.6 Å². The number of hydrogen-bond donors (Lipinski definition) is 2. The lowest BCUT2D eigenvalue weighted by molar-refractivity contribution is -0.274. The molecule has 0 bridgehead atoms. The fraction of sp³-hybridized carbons (Fsp3) is 0.462. The molecule has 8 heteroatoms. The number of nitrogens with zero attached hydrogens (tertiary/aromatic N) is 1. The Hall–Kier alpha value is -1.96. The van der Waals surface area contributed by atoms with Gasteiger partial charge in [0.15, 0.2) is 5.75 Å². The smallest absolute Gasteiger partial charge is 0.404 e. The molecule has 2 rings (SSSR count). The van der Waals surface area contributed by atoms with E-state index >= 15 is 0 Å². The van der Waals surface area contributed by atoms with E-state index in [0.29, 0.717) is 0 Å². The molecule has 1 fully saturated rings. The van der Waals surface area contributed by atoms with Gasteiger partial charge >= 0.3 is 6.36 Å². The molecule has 0 aliphatic carbocycles. The van der Waals surface area contributed by atoms with E-state index < -0.39 is 18.0 Å². The van der Waals surface area contributed by atoms with Crippen LogP contribution < -0.4 is 15.9 Å². The molecule has 1 aliphatic heterocycles. The number of nitrogens with two attached hydrogens (primary N) is 1. The minimum atomic E-state index is -4.81. The van der Waals surface area contributed by atoms with Crippen molar-refractivity contribution in [2.75, 3.05) is 18.8 Å². The molecule has 0 atom stereocenters. The number of anilines is 1. The molecule has 0 unspecified atom stereocenters. The van der Waals surface area contributed by atoms with Crippen LogP contribution in [0.2, 0.25) is 0 Å². The van der Waals surface area contributed by atoms with E-state index in [9.17, 15) is 18.0 Å². The van der Waals surface area contributed by atoms with Crippen molar-refractivity contribution in [2.24, 2.45) is 0 Å². The number of alkyl halides is 3. The Kier molecular flexibility index (Phi) is 4.56. The summed E-state index contributed by atoms with van der Waals surface area (Å²) in [4.78, 5) is 12.0. The third-order valence-corrected chi connectivity index (χ3v) is 3.11. The molecule has 0 aromatic heterocycles. The first-order chi connectivity index (χ1) is 9.85. The number of halogens is 3. The van der Waals surface area contributed by atoms with E-state index in [1.54, 1.807) is 5.01 Å². The summed E-state index contributed by atoms with van der Waals surface area (Å²) in [6.07, 6.45) is -1.68. The normalized spacial score (nSPS) is 16.5. The van der Waals surface area contributed by atoms with Gasteiger partial charge in [-0.25, -0.2) is 5.01 Å². The quantitative estimate of drug-likeness (QED) is 0.841. The second-order valence-electron chi connectivity index (χ2n) is 4.79. The highest BCUT2D eigenvalue weighted by molar-refractivity contribution is 5.95. The molecular formula is C13H16F3N3O2. The second-order valence-corrected chi connectivity index (χ2v) is 4.79. The van der Waals surface area contributed by atoms with Gasteiger partial charge in [0.25, 0.3) is 5.91 Å². The third-order valence-electron chi connectivity index (χ3n) is 3.11. The number of carbonyl (C=O) groups excluding carboxylic acids is 1. The van der Waals surface area contributed by atoms with Crippen LogP contribution in [0, 0.1) is 0 Å². The molecule has 1 aromatic rings. The van der Waals surface area contributed by atoms with E-state index in [0.717, 1.165) is 38.4 Å². The van der Waals surface area contributed by atoms with Gasteiger partial charge in [-0.2, -0.15) is 0 Å². The van der Waals surface area contributed by atoms with Gasteiger partial charge in [0.05, 0.1) is 5.69 Å². The summed E-state index contributed by atoms with van der Waals surface area (Å²) in [6, 6.07) is 3.45. The summed E-state index contributed by atoms with van der Waals surface area (Å²) in [6.45, 7) is 1.52. The second kappa shape index (κ2) is 6.21. The first kappa shape index (κ1) is 15.4. The van der Waals surface area contributed by atoms with E-state index in [4.69, 9.17) is 5.73 Å². The van der Waals surface area contributed by atoms with Crippen molar-refractivity contribution < 1.29 is 22.7 Å². The Morgan fingerprint density at radius 2 is 1.90 bits per heavy atom. The molecule has 1 heterocycles. The average Bonchev–Trinajstić information content (AvgIpc) is 2.40. The van der Waals surface area contributed by atoms with E-state index in [-0.39, 0.29) is 11.3 Å². The average molecular weight is 303 g/mol. The topological polar surface area (TPSA) is 67.6 Å². The number of benzene rings is 1. The standard InChI is InChI=1S/C13H16F3N3O2/c14-13(15,16)21-11-5-4-9(8-10(11)17)12(20)18-19-6-2-1-3-7-19/h4-5,8H,1-3,6-7,17H2,(H,18,20). The number of piperidine rings is 1. The summed E-state index contributed by atoms with van der Waals surface area (Å²) in [5, 5.41) is 1.79. The zero-order valence-electron chi connectivity index (χ0n) is 11.2. The molecular weight excluding hydrogens is 287 g/mol. The van der Waals surface area contributed by atoms with Crippen molar-refractivity contribution in [3.05, 3.63) is 23.8 Å². The molecule has 3 N–H and O–H groups in total. The Labute approximate surface area is 119 Å². The van der Waals surface area contributed by atoms with Crippen molar-refractivity contribution in [1.29, 1.82) is 0 Å². The van der Waals surface area contributed by atoms with Crippen molar-refractivity contribution in [1.82, 2.24) is 10.4 Å². The van der Waals surface area contributed by atoms with Gasteiger partial charge in [0.2, 0.25) is 0 Å². The van der Waals surface area contributed by atoms with E-state index in [1.807, 2.05) is 0 Å². The van der Waals surface area contributed by atoms with Crippen LogP contribution in [0.3, 0.4) is 0 Å². The summed E-state index contributed by atoms with van der Waals surface area (Å²) in [5.41, 5.74) is 8.14. The molecule has 1 aliphatic rings. The van der Waals surface area contributed by atoms with Crippen LogP contribution in [0.1, 0.15) is 29.6 Å². The molecule has 0 radical (unpaired) electrons. The number of carbonyl (C=O) groups is 1. The third kappa shape index (κ3) is 4.52. The predicted molar refractivity (Wildman–Crippen MR) is 70.4 cm³/mol. The Bertz CT molecular complexity index is 514. The van der Waals surface area contributed by atoms with Crippen LogP contribution in [0.5, 0.6) is 5.75 Å². The van der Waals surface area contributed by atoms with Crippen LogP contribution in [0.4, 0.5) is 18.9 Å². The van der Waals surface area contributed by atoms with Crippen LogP contribution in [-0.2, 0) is 0 Å². The van der Waals surface area contributed by atoms with Crippen LogP contribution in [-0.4, -0.2) is 30.4 Å². The van der Waals surface area contributed by atoms with Crippen LogP contribution in [0.15, 0.2) is 18.2 Å². The molecule has 1 saturated heterocycles. The number of rotatable bonds is 3. The number of ether oxygens (including phenoxy) is 1. The largest absolute Gasteiger partial charge is 0.573 e. The number of nitrogen functional groups attached to an aromatic ring is 1. The zero-order chi connectivity index (χ0) is 15.5. The molecule has 0 saturated carbocycles. The highest BCUT2D eigenvalue weighted by Gasteiger charge is 2.32. The number of amides is 1. The molecule has 116 valence electrons. The maximum Gasteiger partial charge on any atom is 0.573 e. The Morgan fingerprint density at radius 1 is 1.24 bits per heavy atom. The lowest BCUT2D eigenvalue weighted by atomic mass is 10.1. The first-order valence-electron chi connectivity index (χ1n) is 6.56. The lowest BCUT2D eigenvalue weighted by Crippen LogP contribution is -2.45. The summed E-state index contributed by atoms with van der Waals surface area (Å²) < 4.78 is 40.1. The predicted octanol–water partition coefficient (Wildman–Crippen LogP) is 2.30. The highest BCUT2D eigenvalue weighted by atomic mass is 19.4. The van der Waals surface area contributed by atoms with Gasteiger partial charge < -0.3 is 10.5 Å². The van der Waals surface area contributed by atoms with Crippen LogP contribution >= 0.6 is 0 Å². The maximum atomic E-state index is 12.1. The van der Waals surface area contributed by atoms with Gasteiger partial charge in [-0.15, -0.1) is 13.2 Å². The number of hydrogen-bond acceptors (Lipinski definition) is 4. The van der Waals surface area contributed by atoms with Gasteiger partial charge in [-0.1, -0.05) is 6.42 Å². The summed E-state index contributed by atoms with van der Waals surface area (Å²) in [7, 11) is 0. The van der Waals surface area contributed by atoms with Gasteiger partial charge in [0, 0.05) is 18.7 Å². The Morgan fingerprint density at radius 3 is 2.48 bits per heavy atom. The molecule has 1 amide bonds. The maximum absolute atomic E-state index is 12.1. The minimum absolute atomic E-state index is 0.188. The fourth-order valence-electron chi connectivity index (χ4n) is 2.12. The van der Waals surface area contributed by atoms with Crippen molar-refractivity contribution in [3.63, 3.8) is 0 Å². The molecule has 0 spiro atoms. The Balaban J connectivity index is 2.03. The summed E-state index contributed by atoms with van der Waals surface area (Å²) in [5.74, 6) is -0.917. The van der Waals surface area contributed by atoms with Crippen molar-refractivity contribution >= 4 is 11.6 Å². The fourth-order valence-corrected chi connectivity index (χ4v) is 2.12. The summed E-state index contributed by atoms with van der Waals surface area (Å²) >= 11 is 0. The molecule has 21 heavy (non-hydrogen) atoms. The highest BCUT2D eigenvalue weighted by Crippen LogP contribution is 2.28.